The van der Waals surface area contributed by atoms with Gasteiger partial charge in [0, 0.05) is 19.4 Å². The van der Waals surface area contributed by atoms with Gasteiger partial charge in [-0.15, -0.1) is 5.10 Å². The molecule has 2 rings (SSSR count). The van der Waals surface area contributed by atoms with E-state index in [2.05, 4.69) is 15.6 Å². The Morgan fingerprint density at radius 1 is 1.17 bits per heavy atom. The topological polar surface area (TPSA) is 241 Å². The first-order valence-corrected chi connectivity index (χ1v) is 10.8. The summed E-state index contributed by atoms with van der Waals surface area (Å²) in [6.07, 6.45) is -4.40. The Balaban J connectivity index is 0.00000194. The smallest absolute Gasteiger partial charge is 0.373 e. The number of nitrogens with zero attached hydrogens (tertiary/aromatic N) is 3. The molecule has 2 amide bonds. The molecule has 1 aromatic heterocycles. The van der Waals surface area contributed by atoms with E-state index in [0.29, 0.717) is 18.5 Å². The molecule has 1 saturated heterocycles. The number of rotatable bonds is 12. The molecule has 5 atom stereocenters. The molecule has 1 fully saturated rings. The lowest BCUT2D eigenvalue weighted by atomic mass is 9.96. The zero-order chi connectivity index (χ0) is 26.7. The van der Waals surface area contributed by atoms with Gasteiger partial charge in [-0.3, -0.25) is 19.2 Å². The van der Waals surface area contributed by atoms with Gasteiger partial charge in [0.2, 0.25) is 5.91 Å². The standard InChI is InChI=1S/C19H29N5O8.CO2/c1-3-5-11-14(17(20)30)22-23-24(11)19-16(29)15(28)12(32-19)8-21-18(31)9(7-13(26)27)6-10(25)4-2;2-1-3/h9,12,15-16,19,28-29H,3-8H2,1-2H3,(H2,20,30)(H,21,31)(H,26,27);/t9-,12+,15+,16+,19+;/m0./s1. The molecule has 2 heterocycles. The third kappa shape index (κ3) is 8.03. The number of aliphatic carboxylic acids is 1. The van der Waals surface area contributed by atoms with Crippen LogP contribution in [0, 0.1) is 5.92 Å². The largest absolute Gasteiger partial charge is 0.481 e. The fraction of sp³-hybridized carbons (Fsp3) is 0.650. The fourth-order valence-electron chi connectivity index (χ4n) is 3.51. The maximum absolute atomic E-state index is 12.4. The monoisotopic (exact) mass is 499 g/mol. The van der Waals surface area contributed by atoms with E-state index in [9.17, 15) is 29.4 Å². The minimum absolute atomic E-state index is 0.0639. The molecule has 6 N–H and O–H groups in total. The average molecular weight is 499 g/mol. The van der Waals surface area contributed by atoms with Crippen LogP contribution in [0.1, 0.15) is 61.9 Å². The normalized spacial score (nSPS) is 21.8. The summed E-state index contributed by atoms with van der Waals surface area (Å²) in [7, 11) is 0. The number of carboxylic acids is 1. The first kappa shape index (κ1) is 29.5. The molecule has 35 heavy (non-hydrogen) atoms. The van der Waals surface area contributed by atoms with Crippen molar-refractivity contribution in [1.29, 1.82) is 0 Å². The number of ketones is 1. The van der Waals surface area contributed by atoms with Crippen molar-refractivity contribution < 1.29 is 48.8 Å². The minimum atomic E-state index is -1.44. The first-order valence-electron chi connectivity index (χ1n) is 10.8. The molecule has 0 spiro atoms. The number of carbonyl (C=O) groups excluding carboxylic acids is 5. The average Bonchev–Trinajstić information content (AvgIpc) is 3.33. The summed E-state index contributed by atoms with van der Waals surface area (Å²) in [6.45, 7) is 3.23. The Labute approximate surface area is 199 Å². The lowest BCUT2D eigenvalue weighted by Crippen LogP contribution is -2.42. The van der Waals surface area contributed by atoms with Gasteiger partial charge in [-0.1, -0.05) is 25.5 Å². The van der Waals surface area contributed by atoms with E-state index in [0.717, 1.165) is 0 Å². The van der Waals surface area contributed by atoms with E-state index in [1.807, 2.05) is 6.92 Å². The van der Waals surface area contributed by atoms with Crippen molar-refractivity contribution in [1.82, 2.24) is 20.3 Å². The number of nitrogens with two attached hydrogens (primary N) is 1. The van der Waals surface area contributed by atoms with Crippen LogP contribution in [0.4, 0.5) is 0 Å². The minimum Gasteiger partial charge on any atom is -0.481 e. The van der Waals surface area contributed by atoms with Crippen molar-refractivity contribution in [2.75, 3.05) is 6.54 Å². The van der Waals surface area contributed by atoms with Crippen molar-refractivity contribution in [3.63, 3.8) is 0 Å². The maximum atomic E-state index is 12.4. The predicted octanol–water partition coefficient (Wildman–Crippen LogP) is -2.06. The van der Waals surface area contributed by atoms with Crippen molar-refractivity contribution >= 4 is 29.7 Å². The van der Waals surface area contributed by atoms with Gasteiger partial charge in [-0.05, 0) is 6.42 Å². The van der Waals surface area contributed by atoms with Crippen molar-refractivity contribution in [3.8, 4) is 0 Å². The number of aliphatic hydroxyl groups is 2. The van der Waals surface area contributed by atoms with E-state index < -0.39 is 54.7 Å². The summed E-state index contributed by atoms with van der Waals surface area (Å²) >= 11 is 0. The van der Waals surface area contributed by atoms with Crippen molar-refractivity contribution in [2.45, 2.75) is 70.5 Å². The zero-order valence-electron chi connectivity index (χ0n) is 19.2. The van der Waals surface area contributed by atoms with E-state index in [1.165, 1.54) is 4.68 Å². The van der Waals surface area contributed by atoms with Crippen LogP contribution in [0.3, 0.4) is 0 Å². The van der Waals surface area contributed by atoms with Gasteiger partial charge in [0.25, 0.3) is 5.91 Å². The van der Waals surface area contributed by atoms with Gasteiger partial charge < -0.3 is 31.1 Å². The number of hydrogen-bond acceptors (Lipinski definition) is 11. The second kappa shape index (κ2) is 14.0. The van der Waals surface area contributed by atoms with Gasteiger partial charge >= 0.3 is 12.1 Å². The molecule has 0 saturated carbocycles. The van der Waals surface area contributed by atoms with Crippen LogP contribution in [0.15, 0.2) is 0 Å². The summed E-state index contributed by atoms with van der Waals surface area (Å²) in [6, 6.07) is 0. The molecule has 0 bridgehead atoms. The Morgan fingerprint density at radius 3 is 2.31 bits per heavy atom. The van der Waals surface area contributed by atoms with Gasteiger partial charge in [-0.25, -0.2) is 4.68 Å². The molecule has 1 aliphatic rings. The highest BCUT2D eigenvalue weighted by Gasteiger charge is 2.45. The Bertz CT molecular complexity index is 943. The molecule has 0 radical (unpaired) electrons. The van der Waals surface area contributed by atoms with E-state index in [1.54, 1.807) is 6.92 Å². The van der Waals surface area contributed by atoms with Crippen LogP contribution >= 0.6 is 0 Å². The number of aliphatic hydroxyl groups excluding tert-OH is 2. The lowest BCUT2D eigenvalue weighted by Gasteiger charge is -2.18. The summed E-state index contributed by atoms with van der Waals surface area (Å²) < 4.78 is 6.86. The van der Waals surface area contributed by atoms with Crippen LogP contribution in [0.5, 0.6) is 0 Å². The second-order valence-electron chi connectivity index (χ2n) is 7.71. The van der Waals surface area contributed by atoms with Crippen LogP contribution in [0.2, 0.25) is 0 Å². The first-order chi connectivity index (χ1) is 16.5. The highest BCUT2D eigenvalue weighted by molar-refractivity contribution is 5.91. The van der Waals surface area contributed by atoms with Gasteiger partial charge in [0.05, 0.1) is 18.0 Å². The molecule has 1 aliphatic heterocycles. The summed E-state index contributed by atoms with van der Waals surface area (Å²) in [4.78, 5) is 63.0. The molecule has 0 unspecified atom stereocenters. The fourth-order valence-corrected chi connectivity index (χ4v) is 3.51. The van der Waals surface area contributed by atoms with Crippen LogP contribution in [-0.2, 0) is 35.1 Å². The number of nitrogens with one attached hydrogen (secondary N) is 1. The molecule has 1 aromatic rings. The summed E-state index contributed by atoms with van der Waals surface area (Å²) in [5.74, 6) is -4.00. The number of ether oxygens (including phenoxy) is 1. The second-order valence-corrected chi connectivity index (χ2v) is 7.71. The molecular formula is C20H29N5O10. The van der Waals surface area contributed by atoms with Gasteiger partial charge in [0.1, 0.15) is 24.1 Å². The predicted molar refractivity (Wildman–Crippen MR) is 112 cm³/mol. The summed E-state index contributed by atoms with van der Waals surface area (Å²) in [5, 5.41) is 39.9. The number of carbonyl (C=O) groups is 4. The summed E-state index contributed by atoms with van der Waals surface area (Å²) in [5.41, 5.74) is 5.60. The van der Waals surface area contributed by atoms with Gasteiger partial charge in [0.15, 0.2) is 11.9 Å². The molecule has 194 valence electrons. The molecular weight excluding hydrogens is 470 g/mol. The number of primary amides is 1. The van der Waals surface area contributed by atoms with Crippen LogP contribution < -0.4 is 11.1 Å². The quantitative estimate of drug-likeness (QED) is 0.208. The van der Waals surface area contributed by atoms with Crippen molar-refractivity contribution in [2.24, 2.45) is 11.7 Å². The maximum Gasteiger partial charge on any atom is 0.373 e. The van der Waals surface area contributed by atoms with Gasteiger partial charge in [-0.2, -0.15) is 9.59 Å². The third-order valence-electron chi connectivity index (χ3n) is 5.23. The third-order valence-corrected chi connectivity index (χ3v) is 5.23. The number of amides is 2. The zero-order valence-corrected chi connectivity index (χ0v) is 19.2. The van der Waals surface area contributed by atoms with E-state index in [4.69, 9.17) is 25.2 Å². The molecule has 0 aromatic carbocycles. The molecule has 0 aliphatic carbocycles. The highest BCUT2D eigenvalue weighted by Crippen LogP contribution is 2.30. The Kier molecular flexibility index (Phi) is 11.8. The highest BCUT2D eigenvalue weighted by atomic mass is 16.6. The number of carboxylic acid groups (broad SMARTS) is 1. The molecule has 15 nitrogen and oxygen atoms in total. The SMILES string of the molecule is CCCc1c(C(N)=O)nnn1[C@@H]1O[C@H](CNC(=O)[C@H](CC(=O)O)CC(=O)CC)[C@@H](O)[C@H]1O.O=C=O. The van der Waals surface area contributed by atoms with E-state index >= 15 is 0 Å². The van der Waals surface area contributed by atoms with Crippen LogP contribution in [0.25, 0.3) is 0 Å². The van der Waals surface area contributed by atoms with Crippen molar-refractivity contribution in [3.05, 3.63) is 11.4 Å². The lowest BCUT2D eigenvalue weighted by molar-refractivity contribution is -0.191. The Hall–Kier alpha value is -3.52. The van der Waals surface area contributed by atoms with E-state index in [-0.39, 0.29) is 37.0 Å². The number of Topliss-reactive ketones (excluding diaryl/α,β-unsaturated/α-hetero) is 1. The van der Waals surface area contributed by atoms with Crippen LogP contribution in [-0.4, -0.2) is 84.9 Å². The number of hydrogen-bond donors (Lipinski definition) is 5. The molecule has 15 heteroatoms. The number of aromatic nitrogens is 3. The Morgan fingerprint density at radius 2 is 1.80 bits per heavy atom.